The second kappa shape index (κ2) is 8.61. The molecule has 0 bridgehead atoms. The van der Waals surface area contributed by atoms with Crippen LogP contribution in [0.2, 0.25) is 0 Å². The fourth-order valence-corrected chi connectivity index (χ4v) is 3.87. The standard InChI is InChI=1S/C23H17FN2O4S/c1-13-17(4-3-5-18(13)22(28)29-2)19-11-10-16(30-19)12-20-21(27)26-23(31-20)25-15-8-6-14(24)7-9-15/h3-12H,1-2H3,(H,25,26,27)/b20-12+. The van der Waals surface area contributed by atoms with Crippen molar-refractivity contribution in [3.8, 4) is 11.3 Å². The van der Waals surface area contributed by atoms with Crippen LogP contribution in [0.5, 0.6) is 0 Å². The Morgan fingerprint density at radius 2 is 1.94 bits per heavy atom. The van der Waals surface area contributed by atoms with Crippen molar-refractivity contribution in [2.75, 3.05) is 7.11 Å². The van der Waals surface area contributed by atoms with E-state index in [1.807, 2.05) is 13.0 Å². The van der Waals surface area contributed by atoms with E-state index in [-0.39, 0.29) is 11.7 Å². The van der Waals surface area contributed by atoms with Gasteiger partial charge in [-0.2, -0.15) is 0 Å². The summed E-state index contributed by atoms with van der Waals surface area (Å²) in [7, 11) is 1.34. The molecular weight excluding hydrogens is 419 g/mol. The van der Waals surface area contributed by atoms with Crippen LogP contribution in [0.1, 0.15) is 21.7 Å². The van der Waals surface area contributed by atoms with Gasteiger partial charge in [0.25, 0.3) is 5.91 Å². The van der Waals surface area contributed by atoms with Gasteiger partial charge in [0.15, 0.2) is 5.17 Å². The molecule has 156 valence electrons. The van der Waals surface area contributed by atoms with E-state index in [4.69, 9.17) is 9.15 Å². The van der Waals surface area contributed by atoms with E-state index in [1.165, 1.54) is 43.1 Å². The van der Waals surface area contributed by atoms with Gasteiger partial charge < -0.3 is 14.5 Å². The van der Waals surface area contributed by atoms with Gasteiger partial charge in [-0.15, -0.1) is 0 Å². The zero-order valence-corrected chi connectivity index (χ0v) is 17.5. The van der Waals surface area contributed by atoms with E-state index in [9.17, 15) is 14.0 Å². The van der Waals surface area contributed by atoms with Gasteiger partial charge in [0, 0.05) is 11.6 Å². The van der Waals surface area contributed by atoms with Crippen molar-refractivity contribution < 1.29 is 23.1 Å². The summed E-state index contributed by atoms with van der Waals surface area (Å²) in [4.78, 5) is 28.9. The number of aliphatic imine (C=N–C) groups is 1. The van der Waals surface area contributed by atoms with Gasteiger partial charge in [-0.05, 0) is 66.7 Å². The summed E-state index contributed by atoms with van der Waals surface area (Å²) in [6.45, 7) is 1.82. The third-order valence-corrected chi connectivity index (χ3v) is 5.52. The molecule has 2 aromatic carbocycles. The number of thioether (sulfide) groups is 1. The van der Waals surface area contributed by atoms with Crippen molar-refractivity contribution in [2.24, 2.45) is 4.99 Å². The Labute approximate surface area is 181 Å². The average Bonchev–Trinajstić information content (AvgIpc) is 3.36. The molecule has 8 heteroatoms. The number of nitrogens with zero attached hydrogens (tertiary/aromatic N) is 1. The molecule has 2 heterocycles. The summed E-state index contributed by atoms with van der Waals surface area (Å²) in [5, 5.41) is 3.08. The zero-order valence-electron chi connectivity index (χ0n) is 16.6. The quantitative estimate of drug-likeness (QED) is 0.456. The maximum atomic E-state index is 13.0. The second-order valence-corrected chi connectivity index (χ2v) is 7.66. The van der Waals surface area contributed by atoms with Crippen molar-refractivity contribution in [3.63, 3.8) is 0 Å². The van der Waals surface area contributed by atoms with Gasteiger partial charge in [0.2, 0.25) is 0 Å². The molecule has 0 unspecified atom stereocenters. The zero-order chi connectivity index (χ0) is 22.0. The third-order valence-electron chi connectivity index (χ3n) is 4.61. The highest BCUT2D eigenvalue weighted by atomic mass is 32.2. The number of halogens is 1. The maximum Gasteiger partial charge on any atom is 0.338 e. The second-order valence-electron chi connectivity index (χ2n) is 6.63. The first-order chi connectivity index (χ1) is 14.9. The number of amidine groups is 1. The minimum Gasteiger partial charge on any atom is -0.465 e. The molecular formula is C23H17FN2O4S. The van der Waals surface area contributed by atoms with Crippen molar-refractivity contribution in [1.82, 2.24) is 5.32 Å². The summed E-state index contributed by atoms with van der Waals surface area (Å²) in [6, 6.07) is 14.5. The van der Waals surface area contributed by atoms with Crippen LogP contribution in [-0.4, -0.2) is 24.2 Å². The number of benzene rings is 2. The Kier molecular flexibility index (Phi) is 5.73. The lowest BCUT2D eigenvalue weighted by molar-refractivity contribution is -0.115. The Bertz CT molecular complexity index is 1230. The molecule has 1 amide bonds. The summed E-state index contributed by atoms with van der Waals surface area (Å²) in [5.74, 6) is -0.0150. The van der Waals surface area contributed by atoms with Crippen molar-refractivity contribution in [1.29, 1.82) is 0 Å². The average molecular weight is 436 g/mol. The molecule has 1 aliphatic heterocycles. The largest absolute Gasteiger partial charge is 0.465 e. The third kappa shape index (κ3) is 4.44. The number of carbonyl (C=O) groups excluding carboxylic acids is 2. The fourth-order valence-electron chi connectivity index (χ4n) is 3.05. The molecule has 0 radical (unpaired) electrons. The van der Waals surface area contributed by atoms with E-state index < -0.39 is 5.97 Å². The van der Waals surface area contributed by atoms with Gasteiger partial charge in [-0.1, -0.05) is 12.1 Å². The van der Waals surface area contributed by atoms with Crippen molar-refractivity contribution in [2.45, 2.75) is 6.92 Å². The summed E-state index contributed by atoms with van der Waals surface area (Å²) >= 11 is 1.17. The number of rotatable bonds is 4. The Morgan fingerprint density at radius 1 is 1.16 bits per heavy atom. The monoisotopic (exact) mass is 436 g/mol. The van der Waals surface area contributed by atoms with Crippen LogP contribution in [0.25, 0.3) is 17.4 Å². The lowest BCUT2D eigenvalue weighted by Gasteiger charge is -2.07. The van der Waals surface area contributed by atoms with Gasteiger partial charge in [0.1, 0.15) is 17.3 Å². The SMILES string of the molecule is COC(=O)c1cccc(-c2ccc(/C=C3/SC(=Nc4ccc(F)cc4)NC3=O)o2)c1C. The van der Waals surface area contributed by atoms with E-state index in [1.54, 1.807) is 30.3 Å². The molecule has 0 atom stereocenters. The summed E-state index contributed by atoms with van der Waals surface area (Å²) in [6.07, 6.45) is 1.62. The van der Waals surface area contributed by atoms with Crippen LogP contribution in [0, 0.1) is 12.7 Å². The fraction of sp³-hybridized carbons (Fsp3) is 0.0870. The van der Waals surface area contributed by atoms with Gasteiger partial charge in [-0.3, -0.25) is 4.79 Å². The van der Waals surface area contributed by atoms with Crippen LogP contribution >= 0.6 is 11.8 Å². The van der Waals surface area contributed by atoms with Crippen LogP contribution in [0.4, 0.5) is 10.1 Å². The molecule has 0 saturated carbocycles. The van der Waals surface area contributed by atoms with Crippen LogP contribution in [0.3, 0.4) is 0 Å². The van der Waals surface area contributed by atoms with E-state index in [2.05, 4.69) is 10.3 Å². The van der Waals surface area contributed by atoms with Gasteiger partial charge >= 0.3 is 5.97 Å². The Balaban J connectivity index is 1.57. The molecule has 1 saturated heterocycles. The molecule has 6 nitrogen and oxygen atoms in total. The highest BCUT2D eigenvalue weighted by molar-refractivity contribution is 8.18. The number of methoxy groups -OCH3 is 1. The number of hydrogen-bond acceptors (Lipinski definition) is 6. The summed E-state index contributed by atoms with van der Waals surface area (Å²) in [5.41, 5.74) is 2.50. The smallest absolute Gasteiger partial charge is 0.338 e. The highest BCUT2D eigenvalue weighted by Crippen LogP contribution is 2.32. The van der Waals surface area contributed by atoms with E-state index >= 15 is 0 Å². The minimum atomic E-state index is -0.416. The van der Waals surface area contributed by atoms with E-state index in [0.717, 1.165) is 11.1 Å². The number of esters is 1. The molecule has 1 aliphatic rings. The first kappa shape index (κ1) is 20.6. The predicted octanol–water partition coefficient (Wildman–Crippen LogP) is 5.07. The van der Waals surface area contributed by atoms with Crippen LogP contribution < -0.4 is 5.32 Å². The molecule has 4 rings (SSSR count). The first-order valence-corrected chi connectivity index (χ1v) is 10.1. The lowest BCUT2D eigenvalue weighted by Crippen LogP contribution is -2.19. The van der Waals surface area contributed by atoms with Crippen molar-refractivity contribution >= 4 is 40.6 Å². The maximum absolute atomic E-state index is 13.0. The topological polar surface area (TPSA) is 80.9 Å². The number of ether oxygens (including phenoxy) is 1. The molecule has 31 heavy (non-hydrogen) atoms. The molecule has 0 spiro atoms. The first-order valence-electron chi connectivity index (χ1n) is 9.28. The highest BCUT2D eigenvalue weighted by Gasteiger charge is 2.24. The summed E-state index contributed by atoms with van der Waals surface area (Å²) < 4.78 is 23.7. The molecule has 1 N–H and O–H groups in total. The van der Waals surface area contributed by atoms with Gasteiger partial charge in [-0.25, -0.2) is 14.2 Å². The van der Waals surface area contributed by atoms with Crippen LogP contribution in [-0.2, 0) is 9.53 Å². The van der Waals surface area contributed by atoms with Crippen molar-refractivity contribution in [3.05, 3.63) is 82.2 Å². The predicted molar refractivity (Wildman–Crippen MR) is 117 cm³/mol. The number of furan rings is 1. The Hall–Kier alpha value is -3.65. The molecule has 0 aliphatic carbocycles. The van der Waals surface area contributed by atoms with Gasteiger partial charge in [0.05, 0.1) is 23.3 Å². The number of hydrogen-bond donors (Lipinski definition) is 1. The van der Waals surface area contributed by atoms with Crippen LogP contribution in [0.15, 0.2) is 68.9 Å². The molecule has 1 fully saturated rings. The molecule has 1 aromatic heterocycles. The molecule has 3 aromatic rings. The normalized spacial score (nSPS) is 16.0. The lowest BCUT2D eigenvalue weighted by atomic mass is 10.0. The Morgan fingerprint density at radius 3 is 2.68 bits per heavy atom. The number of nitrogens with one attached hydrogen (secondary N) is 1. The number of carbonyl (C=O) groups is 2. The van der Waals surface area contributed by atoms with E-state index in [0.29, 0.717) is 32.8 Å². The minimum absolute atomic E-state index is 0.298. The number of amides is 1.